The number of hydrogen-bond acceptors (Lipinski definition) is 12. The zero-order chi connectivity index (χ0) is 39.2. The van der Waals surface area contributed by atoms with Crippen LogP contribution in [0.25, 0.3) is 0 Å². The smallest absolute Gasteiger partial charge is 0.492 e. The van der Waals surface area contributed by atoms with Crippen molar-refractivity contribution in [3.8, 4) is 17.2 Å². The third kappa shape index (κ3) is 12.5. The van der Waals surface area contributed by atoms with Crippen molar-refractivity contribution in [1.29, 1.82) is 0 Å². The van der Waals surface area contributed by atoms with Crippen LogP contribution in [-0.4, -0.2) is 67.8 Å². The fourth-order valence-electron chi connectivity index (χ4n) is 6.38. The van der Waals surface area contributed by atoms with E-state index in [-0.39, 0.29) is 43.6 Å². The third-order valence-corrected chi connectivity index (χ3v) is 8.86. The molecule has 0 saturated carbocycles. The first-order chi connectivity index (χ1) is 26.7. The summed E-state index contributed by atoms with van der Waals surface area (Å²) >= 11 is 0. The highest BCUT2D eigenvalue weighted by atomic mass is 35.5. The van der Waals surface area contributed by atoms with Crippen molar-refractivity contribution in [3.05, 3.63) is 113 Å². The van der Waals surface area contributed by atoms with Crippen LogP contribution in [0.4, 0.5) is 0 Å². The Kier molecular flexibility index (Phi) is 17.5. The first kappa shape index (κ1) is 44.2. The molecule has 2 atom stereocenters. The molecule has 1 fully saturated rings. The summed E-state index contributed by atoms with van der Waals surface area (Å²) < 4.78 is 37.8. The van der Waals surface area contributed by atoms with Gasteiger partial charge >= 0.3 is 26.2 Å². The number of fused-ring (bicyclic) bond motifs is 2. The number of aryl methyl sites for hydroxylation is 1. The second-order valence-corrected chi connectivity index (χ2v) is 13.1. The van der Waals surface area contributed by atoms with Gasteiger partial charge in [-0.1, -0.05) is 66.7 Å². The van der Waals surface area contributed by atoms with Gasteiger partial charge in [0, 0.05) is 30.4 Å². The van der Waals surface area contributed by atoms with Gasteiger partial charge in [0.15, 0.2) is 0 Å². The maximum atomic E-state index is 11.8. The molecule has 12 nitrogen and oxygen atoms in total. The molecular formula is C41H49B2ClO12. The van der Waals surface area contributed by atoms with E-state index in [1.807, 2.05) is 79.7 Å². The summed E-state index contributed by atoms with van der Waals surface area (Å²) in [6.45, 7) is 8.69. The van der Waals surface area contributed by atoms with E-state index in [4.69, 9.17) is 33.0 Å². The van der Waals surface area contributed by atoms with Crippen molar-refractivity contribution < 1.29 is 57.7 Å². The van der Waals surface area contributed by atoms with Gasteiger partial charge in [-0.05, 0) is 73.4 Å². The van der Waals surface area contributed by atoms with Crippen molar-refractivity contribution >= 4 is 49.5 Å². The summed E-state index contributed by atoms with van der Waals surface area (Å²) in [5, 5.41) is 30.2. The lowest BCUT2D eigenvalue weighted by molar-refractivity contribution is -0.146. The minimum atomic E-state index is -1.22. The third-order valence-electron chi connectivity index (χ3n) is 8.86. The average Bonchev–Trinajstić information content (AvgIpc) is 3.92. The van der Waals surface area contributed by atoms with Crippen LogP contribution in [-0.2, 0) is 46.3 Å². The highest BCUT2D eigenvalue weighted by Gasteiger charge is 2.40. The van der Waals surface area contributed by atoms with Gasteiger partial charge in [-0.25, -0.2) is 0 Å². The summed E-state index contributed by atoms with van der Waals surface area (Å²) in [6.07, 6.45) is 1.30. The first-order valence-corrected chi connectivity index (χ1v) is 18.6. The summed E-state index contributed by atoms with van der Waals surface area (Å²) in [5.74, 6) is 0.187. The number of benzene rings is 4. The van der Waals surface area contributed by atoms with E-state index >= 15 is 0 Å². The molecule has 4 aromatic carbocycles. The van der Waals surface area contributed by atoms with E-state index in [2.05, 4.69) is 0 Å². The zero-order valence-electron chi connectivity index (χ0n) is 31.9. The number of aromatic hydroxyl groups is 1. The monoisotopic (exact) mass is 790 g/mol. The summed E-state index contributed by atoms with van der Waals surface area (Å²) in [7, 11) is -2.28. The van der Waals surface area contributed by atoms with Crippen LogP contribution >= 0.6 is 12.4 Å². The van der Waals surface area contributed by atoms with E-state index in [1.165, 1.54) is 25.0 Å². The molecule has 0 spiro atoms. The molecule has 0 aliphatic carbocycles. The molecule has 0 bridgehead atoms. The number of rotatable bonds is 12. The van der Waals surface area contributed by atoms with E-state index < -0.39 is 32.4 Å². The molecule has 3 aliphatic heterocycles. The molecule has 1 saturated heterocycles. The van der Waals surface area contributed by atoms with Crippen LogP contribution in [0.2, 0.25) is 0 Å². The maximum absolute atomic E-state index is 11.8. The molecular weight excluding hydrogens is 742 g/mol. The van der Waals surface area contributed by atoms with Gasteiger partial charge in [-0.2, -0.15) is 0 Å². The Morgan fingerprint density at radius 3 is 1.57 bits per heavy atom. The number of carbonyl (C=O) groups excluding carboxylic acids is 2. The predicted octanol–water partition coefficient (Wildman–Crippen LogP) is 5.19. The number of carbonyl (C=O) groups is 2. The molecule has 3 aliphatic rings. The van der Waals surface area contributed by atoms with Gasteiger partial charge < -0.3 is 48.1 Å². The molecule has 15 heteroatoms. The number of esters is 2. The molecule has 0 aromatic heterocycles. The topological polar surface area (TPSA) is 159 Å². The average molecular weight is 791 g/mol. The van der Waals surface area contributed by atoms with Crippen LogP contribution in [0, 0.1) is 6.92 Å². The Morgan fingerprint density at radius 1 is 0.696 bits per heavy atom. The second kappa shape index (κ2) is 22.2. The molecule has 2 unspecified atom stereocenters. The number of ether oxygens (including phenoxy) is 5. The van der Waals surface area contributed by atoms with Crippen LogP contribution in [0.5, 0.6) is 17.2 Å². The predicted molar refractivity (Wildman–Crippen MR) is 214 cm³/mol. The van der Waals surface area contributed by atoms with Crippen LogP contribution in [0.3, 0.4) is 0 Å². The highest BCUT2D eigenvalue weighted by Crippen LogP contribution is 2.38. The van der Waals surface area contributed by atoms with Gasteiger partial charge in [0.25, 0.3) is 0 Å². The molecule has 4 aromatic rings. The standard InChI is InChI=1S/C19H21BO5.C18H19BO6.C4H8O.ClH/c1-3-23-18(21)11-17-19-15(20(22)25-17)9-13(2)10-16(19)24-12-14-7-5-4-6-8-14;1-2-23-17(21)10-16-18-14(19(22)25-16)8-13(20)9-15(18)24-11-12-6-4-3-5-7-12;1-2-4-5-3-1;/h4-10,17,22H,3,11-12H2,1-2H3;3-9,16,20,22H,2,10-11H2,1H3;1-4H2;1H. The molecule has 7 rings (SSSR count). The van der Waals surface area contributed by atoms with Gasteiger partial charge in [0.05, 0.1) is 38.3 Å². The molecule has 298 valence electrons. The number of halogens is 1. The maximum Gasteiger partial charge on any atom is 0.492 e. The SMILES string of the molecule is C1CCOC1.CCOC(=O)CC1OB(O)c2cc(C)cc(OCc3ccccc3)c21.CCOC(=O)CC1OB(O)c2cc(O)cc(OCc3ccccc3)c21.Cl. The number of hydrogen-bond donors (Lipinski definition) is 3. The first-order valence-electron chi connectivity index (χ1n) is 18.6. The van der Waals surface area contributed by atoms with Crippen LogP contribution in [0.1, 0.15) is 79.6 Å². The van der Waals surface area contributed by atoms with Gasteiger partial charge in [0.1, 0.15) is 30.5 Å². The fraction of sp³-hybridized carbons (Fsp3) is 0.366. The van der Waals surface area contributed by atoms with E-state index in [9.17, 15) is 24.7 Å². The fourth-order valence-corrected chi connectivity index (χ4v) is 6.38. The van der Waals surface area contributed by atoms with Crippen molar-refractivity contribution in [2.75, 3.05) is 26.4 Å². The molecule has 56 heavy (non-hydrogen) atoms. The van der Waals surface area contributed by atoms with Crippen LogP contribution in [0.15, 0.2) is 84.9 Å². The Balaban J connectivity index is 0.000000217. The lowest BCUT2D eigenvalue weighted by atomic mass is 9.78. The lowest BCUT2D eigenvalue weighted by Gasteiger charge is -2.16. The Labute approximate surface area is 334 Å². The highest BCUT2D eigenvalue weighted by molar-refractivity contribution is 6.62. The van der Waals surface area contributed by atoms with Crippen molar-refractivity contribution in [3.63, 3.8) is 0 Å². The second-order valence-electron chi connectivity index (χ2n) is 13.1. The van der Waals surface area contributed by atoms with Gasteiger partial charge in [0.2, 0.25) is 0 Å². The summed E-state index contributed by atoms with van der Waals surface area (Å²) in [5.41, 5.74) is 5.30. The largest absolute Gasteiger partial charge is 0.508 e. The molecule has 0 amide bonds. The Hall–Kier alpha value is -4.56. The van der Waals surface area contributed by atoms with E-state index in [1.54, 1.807) is 13.8 Å². The van der Waals surface area contributed by atoms with E-state index in [0.29, 0.717) is 47.8 Å². The van der Waals surface area contributed by atoms with Crippen LogP contribution < -0.4 is 20.4 Å². The Bertz CT molecular complexity index is 1710. The number of phenolic OH excluding ortho intramolecular Hbond substituents is 1. The molecule has 3 heterocycles. The quantitative estimate of drug-likeness (QED) is 0.128. The minimum Gasteiger partial charge on any atom is -0.508 e. The molecule has 0 radical (unpaired) electrons. The normalized spacial score (nSPS) is 16.2. The van der Waals surface area contributed by atoms with Crippen molar-refractivity contribution in [2.45, 2.75) is 71.9 Å². The van der Waals surface area contributed by atoms with Crippen molar-refractivity contribution in [2.24, 2.45) is 0 Å². The van der Waals surface area contributed by atoms with E-state index in [0.717, 1.165) is 35.5 Å². The Morgan fingerprint density at radius 2 is 1.14 bits per heavy atom. The van der Waals surface area contributed by atoms with Gasteiger partial charge in [-0.3, -0.25) is 9.59 Å². The summed E-state index contributed by atoms with van der Waals surface area (Å²) in [6, 6.07) is 26.0. The van der Waals surface area contributed by atoms with Gasteiger partial charge in [-0.15, -0.1) is 12.4 Å². The summed E-state index contributed by atoms with van der Waals surface area (Å²) in [4.78, 5) is 23.6. The molecule has 3 N–H and O–H groups in total. The number of phenols is 1. The van der Waals surface area contributed by atoms with Crippen molar-refractivity contribution in [1.82, 2.24) is 0 Å². The lowest BCUT2D eigenvalue weighted by Crippen LogP contribution is -2.28. The minimum absolute atomic E-state index is 0. The zero-order valence-corrected chi connectivity index (χ0v) is 32.7.